The molecular weight excluding hydrogens is 322 g/mol. The van der Waals surface area contributed by atoms with E-state index in [4.69, 9.17) is 14.2 Å². The summed E-state index contributed by atoms with van der Waals surface area (Å²) in [5, 5.41) is 4.42. The molecule has 2 aliphatic heterocycles. The number of carbonyl (C=O) groups is 1. The predicted molar refractivity (Wildman–Crippen MR) is 89.7 cm³/mol. The number of fused-ring (bicyclic) bond motifs is 2. The van der Waals surface area contributed by atoms with Crippen molar-refractivity contribution in [1.29, 1.82) is 0 Å². The van der Waals surface area contributed by atoms with Crippen molar-refractivity contribution in [3.63, 3.8) is 0 Å². The van der Waals surface area contributed by atoms with Gasteiger partial charge in [-0.1, -0.05) is 0 Å². The fourth-order valence-corrected chi connectivity index (χ4v) is 3.33. The van der Waals surface area contributed by atoms with Crippen LogP contribution in [0.3, 0.4) is 0 Å². The number of nitrogens with zero attached hydrogens (tertiary/aromatic N) is 3. The van der Waals surface area contributed by atoms with E-state index < -0.39 is 0 Å². The van der Waals surface area contributed by atoms with Gasteiger partial charge in [0.1, 0.15) is 0 Å². The summed E-state index contributed by atoms with van der Waals surface area (Å²) in [6.07, 6.45) is 2.62. The number of rotatable bonds is 5. The normalized spacial score (nSPS) is 18.3. The predicted octanol–water partition coefficient (Wildman–Crippen LogP) is 2.24. The number of carbonyl (C=O) groups excluding carboxylic acids is 1. The zero-order valence-corrected chi connectivity index (χ0v) is 14.2. The van der Waals surface area contributed by atoms with Gasteiger partial charge in [0.05, 0.1) is 18.3 Å². The van der Waals surface area contributed by atoms with Crippen molar-refractivity contribution in [1.82, 2.24) is 14.7 Å². The molecule has 1 amide bonds. The SMILES string of the molecule is CCOCCC1CN(C(=O)c2ccc3c(c2)OCO3)Cc2ccnn21. The number of hydrogen-bond donors (Lipinski definition) is 0. The Morgan fingerprint density at radius 3 is 3.08 bits per heavy atom. The van der Waals surface area contributed by atoms with Crippen molar-refractivity contribution in [2.45, 2.75) is 25.9 Å². The first-order valence-electron chi connectivity index (χ1n) is 8.55. The summed E-state index contributed by atoms with van der Waals surface area (Å²) in [4.78, 5) is 14.8. The minimum absolute atomic E-state index is 0.00726. The first kappa shape index (κ1) is 16.0. The molecule has 3 heterocycles. The third-order valence-corrected chi connectivity index (χ3v) is 4.59. The van der Waals surface area contributed by atoms with Crippen LogP contribution in [0.5, 0.6) is 11.5 Å². The number of amides is 1. The Morgan fingerprint density at radius 1 is 1.32 bits per heavy atom. The highest BCUT2D eigenvalue weighted by Crippen LogP contribution is 2.33. The van der Waals surface area contributed by atoms with Gasteiger partial charge in [-0.05, 0) is 37.6 Å². The summed E-state index contributed by atoms with van der Waals surface area (Å²) in [5.74, 6) is 1.30. The summed E-state index contributed by atoms with van der Waals surface area (Å²) in [6.45, 7) is 4.71. The molecule has 0 bridgehead atoms. The number of aromatic nitrogens is 2. The summed E-state index contributed by atoms with van der Waals surface area (Å²) >= 11 is 0. The Morgan fingerprint density at radius 2 is 2.20 bits per heavy atom. The highest BCUT2D eigenvalue weighted by Gasteiger charge is 2.29. The van der Waals surface area contributed by atoms with Crippen molar-refractivity contribution in [3.05, 3.63) is 41.7 Å². The number of benzene rings is 1. The van der Waals surface area contributed by atoms with Crippen LogP contribution in [0, 0.1) is 0 Å². The summed E-state index contributed by atoms with van der Waals surface area (Å²) < 4.78 is 18.2. The Kier molecular flexibility index (Phi) is 4.31. The number of hydrogen-bond acceptors (Lipinski definition) is 5. The van der Waals surface area contributed by atoms with E-state index >= 15 is 0 Å². The molecule has 132 valence electrons. The molecule has 0 aliphatic carbocycles. The van der Waals surface area contributed by atoms with Crippen LogP contribution in [0.1, 0.15) is 35.4 Å². The summed E-state index contributed by atoms with van der Waals surface area (Å²) in [6, 6.07) is 7.43. The molecule has 0 saturated heterocycles. The van der Waals surface area contributed by atoms with Crippen molar-refractivity contribution >= 4 is 5.91 Å². The molecule has 0 saturated carbocycles. The van der Waals surface area contributed by atoms with Gasteiger partial charge in [-0.3, -0.25) is 9.48 Å². The average molecular weight is 343 g/mol. The van der Waals surface area contributed by atoms with Crippen molar-refractivity contribution in [2.24, 2.45) is 0 Å². The maximum atomic E-state index is 13.0. The maximum absolute atomic E-state index is 13.0. The Bertz CT molecular complexity index is 773. The van der Waals surface area contributed by atoms with Crippen LogP contribution in [0.2, 0.25) is 0 Å². The Hall–Kier alpha value is -2.54. The zero-order chi connectivity index (χ0) is 17.2. The van der Waals surface area contributed by atoms with E-state index in [0.717, 1.165) is 12.1 Å². The Labute approximate surface area is 146 Å². The molecule has 0 radical (unpaired) electrons. The third kappa shape index (κ3) is 3.07. The molecule has 0 spiro atoms. The van der Waals surface area contributed by atoms with Crippen molar-refractivity contribution in [3.8, 4) is 11.5 Å². The van der Waals surface area contributed by atoms with Crippen LogP contribution in [0.25, 0.3) is 0 Å². The largest absolute Gasteiger partial charge is 0.454 e. The van der Waals surface area contributed by atoms with Crippen LogP contribution in [0.4, 0.5) is 0 Å². The molecule has 2 aromatic rings. The zero-order valence-electron chi connectivity index (χ0n) is 14.2. The van der Waals surface area contributed by atoms with Crippen LogP contribution < -0.4 is 9.47 Å². The summed E-state index contributed by atoms with van der Waals surface area (Å²) in [7, 11) is 0. The molecule has 7 nitrogen and oxygen atoms in total. The maximum Gasteiger partial charge on any atom is 0.254 e. The van der Waals surface area contributed by atoms with Gasteiger partial charge in [0.25, 0.3) is 5.91 Å². The van der Waals surface area contributed by atoms with E-state index in [9.17, 15) is 4.79 Å². The lowest BCUT2D eigenvalue weighted by molar-refractivity contribution is 0.0625. The first-order chi connectivity index (χ1) is 12.3. The lowest BCUT2D eigenvalue weighted by atomic mass is 10.1. The van der Waals surface area contributed by atoms with Crippen LogP contribution in [-0.4, -0.2) is 47.1 Å². The fraction of sp³-hybridized carbons (Fsp3) is 0.444. The topological polar surface area (TPSA) is 65.8 Å². The highest BCUT2D eigenvalue weighted by molar-refractivity contribution is 5.95. The van der Waals surface area contributed by atoms with Gasteiger partial charge in [-0.15, -0.1) is 0 Å². The molecule has 4 rings (SSSR count). The van der Waals surface area contributed by atoms with Gasteiger partial charge < -0.3 is 19.1 Å². The summed E-state index contributed by atoms with van der Waals surface area (Å²) in [5.41, 5.74) is 1.66. The second kappa shape index (κ2) is 6.76. The van der Waals surface area contributed by atoms with Gasteiger partial charge >= 0.3 is 0 Å². The molecule has 25 heavy (non-hydrogen) atoms. The van der Waals surface area contributed by atoms with Crippen molar-refractivity contribution < 1.29 is 19.0 Å². The fourth-order valence-electron chi connectivity index (χ4n) is 3.33. The Balaban J connectivity index is 1.53. The molecule has 0 fully saturated rings. The lowest BCUT2D eigenvalue weighted by Gasteiger charge is -2.34. The van der Waals surface area contributed by atoms with E-state index in [0.29, 0.717) is 43.4 Å². The van der Waals surface area contributed by atoms with Gasteiger partial charge in [-0.2, -0.15) is 5.10 Å². The third-order valence-electron chi connectivity index (χ3n) is 4.59. The van der Waals surface area contributed by atoms with E-state index in [2.05, 4.69) is 5.10 Å². The standard InChI is InChI=1S/C18H21N3O4/c1-2-23-8-6-15-11-20(10-14-5-7-19-21(14)15)18(22)13-3-4-16-17(9-13)25-12-24-16/h3-5,7,9,15H,2,6,8,10-12H2,1H3. The average Bonchev–Trinajstić information content (AvgIpc) is 3.29. The van der Waals surface area contributed by atoms with Crippen LogP contribution in [0.15, 0.2) is 30.5 Å². The second-order valence-corrected chi connectivity index (χ2v) is 6.16. The molecule has 1 aromatic carbocycles. The van der Waals surface area contributed by atoms with E-state index in [-0.39, 0.29) is 18.7 Å². The van der Waals surface area contributed by atoms with Gasteiger partial charge in [0, 0.05) is 31.5 Å². The highest BCUT2D eigenvalue weighted by atomic mass is 16.7. The molecule has 1 aromatic heterocycles. The van der Waals surface area contributed by atoms with Gasteiger partial charge in [0.2, 0.25) is 6.79 Å². The van der Waals surface area contributed by atoms with E-state index in [1.165, 1.54) is 0 Å². The van der Waals surface area contributed by atoms with Gasteiger partial charge in [-0.25, -0.2) is 0 Å². The molecule has 7 heteroatoms. The minimum atomic E-state index is -0.00726. The van der Waals surface area contributed by atoms with Gasteiger partial charge in [0.15, 0.2) is 11.5 Å². The second-order valence-electron chi connectivity index (χ2n) is 6.16. The lowest BCUT2D eigenvalue weighted by Crippen LogP contribution is -2.41. The van der Waals surface area contributed by atoms with Crippen LogP contribution in [-0.2, 0) is 11.3 Å². The smallest absolute Gasteiger partial charge is 0.254 e. The molecule has 0 N–H and O–H groups in total. The van der Waals surface area contributed by atoms with Crippen LogP contribution >= 0.6 is 0 Å². The molecular formula is C18H21N3O4. The first-order valence-corrected chi connectivity index (χ1v) is 8.55. The molecule has 1 unspecified atom stereocenters. The molecule has 1 atom stereocenters. The minimum Gasteiger partial charge on any atom is -0.454 e. The molecule has 2 aliphatic rings. The van der Waals surface area contributed by atoms with E-state index in [1.807, 2.05) is 22.6 Å². The number of ether oxygens (including phenoxy) is 3. The van der Waals surface area contributed by atoms with Crippen molar-refractivity contribution in [2.75, 3.05) is 26.6 Å². The quantitative estimate of drug-likeness (QED) is 0.779. The monoisotopic (exact) mass is 343 g/mol. The van der Waals surface area contributed by atoms with E-state index in [1.54, 1.807) is 24.4 Å².